The fraction of sp³-hybridized carbons (Fsp3) is 0.467. The van der Waals surface area contributed by atoms with E-state index in [0.717, 1.165) is 37.4 Å². The van der Waals surface area contributed by atoms with Gasteiger partial charge in [-0.3, -0.25) is 4.90 Å². The highest BCUT2D eigenvalue weighted by atomic mass is 35.5. The minimum atomic E-state index is -0.224. The molecule has 3 atom stereocenters. The van der Waals surface area contributed by atoms with Crippen molar-refractivity contribution >= 4 is 18.0 Å². The smallest absolute Gasteiger partial charge is 0.126 e. The number of aliphatic hydroxyl groups is 1. The van der Waals surface area contributed by atoms with E-state index in [9.17, 15) is 5.11 Å². The molecule has 0 amide bonds. The van der Waals surface area contributed by atoms with Gasteiger partial charge in [0.1, 0.15) is 5.75 Å². The van der Waals surface area contributed by atoms with Gasteiger partial charge < -0.3 is 9.84 Å². The molecular weight excluding hydrogens is 262 g/mol. The number of benzene rings is 1. The first kappa shape index (κ1) is 14.4. The zero-order valence-electron chi connectivity index (χ0n) is 11.1. The molecule has 1 aromatic rings. The largest absolute Gasteiger partial charge is 0.496 e. The third kappa shape index (κ3) is 2.64. The standard InChI is InChI=1S/C15H19NO2.ClH/c1-18-15-5-3-2-4-12(15)11-6-8-16-9-7-14(17)13(11)10-16;/h2-6,13-14,17H,7-10H2,1H3;1H. The Labute approximate surface area is 120 Å². The highest BCUT2D eigenvalue weighted by Gasteiger charge is 2.34. The Balaban J connectivity index is 0.00000133. The molecule has 2 aliphatic rings. The number of methoxy groups -OCH3 is 1. The van der Waals surface area contributed by atoms with Crippen LogP contribution in [0.5, 0.6) is 5.75 Å². The Bertz CT molecular complexity index is 475. The maximum atomic E-state index is 10.2. The number of fused-ring (bicyclic) bond motifs is 2. The van der Waals surface area contributed by atoms with Gasteiger partial charge in [-0.2, -0.15) is 0 Å². The van der Waals surface area contributed by atoms with Crippen molar-refractivity contribution < 1.29 is 9.84 Å². The molecule has 19 heavy (non-hydrogen) atoms. The van der Waals surface area contributed by atoms with Gasteiger partial charge in [0, 0.05) is 31.1 Å². The Kier molecular flexibility index (Phi) is 4.50. The molecule has 0 aromatic heterocycles. The predicted octanol–water partition coefficient (Wildman–Crippen LogP) is 2.20. The average Bonchev–Trinajstić information content (AvgIpc) is 2.43. The van der Waals surface area contributed by atoms with E-state index in [0.29, 0.717) is 0 Å². The second-order valence-corrected chi connectivity index (χ2v) is 5.08. The van der Waals surface area contributed by atoms with Crippen molar-refractivity contribution in [2.75, 3.05) is 26.7 Å². The Morgan fingerprint density at radius 1 is 1.32 bits per heavy atom. The summed E-state index contributed by atoms with van der Waals surface area (Å²) in [5.41, 5.74) is 2.38. The molecule has 0 spiro atoms. The van der Waals surface area contributed by atoms with E-state index in [2.05, 4.69) is 17.0 Å². The summed E-state index contributed by atoms with van der Waals surface area (Å²) < 4.78 is 5.44. The molecule has 1 aromatic carbocycles. The first-order valence-electron chi connectivity index (χ1n) is 6.53. The van der Waals surface area contributed by atoms with Crippen LogP contribution in [0.25, 0.3) is 5.57 Å². The van der Waals surface area contributed by atoms with Crippen LogP contribution < -0.4 is 4.74 Å². The van der Waals surface area contributed by atoms with Crippen molar-refractivity contribution in [3.63, 3.8) is 0 Å². The molecule has 2 bridgehead atoms. The van der Waals surface area contributed by atoms with E-state index in [1.54, 1.807) is 7.11 Å². The third-order valence-corrected chi connectivity index (χ3v) is 4.05. The fourth-order valence-electron chi connectivity index (χ4n) is 3.05. The van der Waals surface area contributed by atoms with Crippen LogP contribution in [0.4, 0.5) is 0 Å². The summed E-state index contributed by atoms with van der Waals surface area (Å²) in [5, 5.41) is 10.2. The molecule has 4 heteroatoms. The zero-order chi connectivity index (χ0) is 12.5. The maximum absolute atomic E-state index is 10.2. The van der Waals surface area contributed by atoms with Crippen LogP contribution in [0, 0.1) is 5.92 Å². The van der Waals surface area contributed by atoms with Crippen molar-refractivity contribution in [1.29, 1.82) is 0 Å². The Morgan fingerprint density at radius 2 is 2.11 bits per heavy atom. The van der Waals surface area contributed by atoms with E-state index < -0.39 is 0 Å². The summed E-state index contributed by atoms with van der Waals surface area (Å²) in [6.07, 6.45) is 2.89. The van der Waals surface area contributed by atoms with E-state index in [4.69, 9.17) is 4.74 Å². The number of halogens is 1. The molecular formula is C15H20ClNO2. The van der Waals surface area contributed by atoms with Gasteiger partial charge in [-0.15, -0.1) is 12.4 Å². The molecule has 3 rings (SSSR count). The molecule has 1 saturated heterocycles. The van der Waals surface area contributed by atoms with Crippen molar-refractivity contribution in [3.05, 3.63) is 35.9 Å². The molecule has 2 heterocycles. The summed E-state index contributed by atoms with van der Waals surface area (Å²) in [6, 6.07) is 8.08. The van der Waals surface area contributed by atoms with Crippen LogP contribution in [0.1, 0.15) is 12.0 Å². The van der Waals surface area contributed by atoms with Gasteiger partial charge in [0.25, 0.3) is 0 Å². The van der Waals surface area contributed by atoms with Crippen molar-refractivity contribution in [2.24, 2.45) is 5.92 Å². The van der Waals surface area contributed by atoms with Gasteiger partial charge in [0.15, 0.2) is 0 Å². The summed E-state index contributed by atoms with van der Waals surface area (Å²) in [5.74, 6) is 1.12. The van der Waals surface area contributed by atoms with Crippen LogP contribution >= 0.6 is 12.4 Å². The molecule has 1 N–H and O–H groups in total. The zero-order valence-corrected chi connectivity index (χ0v) is 11.9. The third-order valence-electron chi connectivity index (χ3n) is 4.05. The highest BCUT2D eigenvalue weighted by molar-refractivity contribution is 5.85. The van der Waals surface area contributed by atoms with Crippen molar-refractivity contribution in [2.45, 2.75) is 12.5 Å². The van der Waals surface area contributed by atoms with Gasteiger partial charge in [-0.1, -0.05) is 24.3 Å². The van der Waals surface area contributed by atoms with Gasteiger partial charge >= 0.3 is 0 Å². The Morgan fingerprint density at radius 3 is 2.89 bits per heavy atom. The number of hydrogen-bond acceptors (Lipinski definition) is 3. The number of piperidine rings is 1. The van der Waals surface area contributed by atoms with Crippen LogP contribution in [0.15, 0.2) is 30.3 Å². The van der Waals surface area contributed by atoms with Gasteiger partial charge in [0.2, 0.25) is 0 Å². The normalized spacial score (nSPS) is 29.2. The Hall–Kier alpha value is -1.03. The summed E-state index contributed by atoms with van der Waals surface area (Å²) in [6.45, 7) is 2.95. The van der Waals surface area contributed by atoms with Gasteiger partial charge in [0.05, 0.1) is 13.2 Å². The van der Waals surface area contributed by atoms with Gasteiger partial charge in [-0.05, 0) is 18.1 Å². The number of ether oxygens (including phenoxy) is 1. The molecule has 1 fully saturated rings. The first-order valence-corrected chi connectivity index (χ1v) is 6.53. The number of aliphatic hydroxyl groups excluding tert-OH is 1. The van der Waals surface area contributed by atoms with Crippen LogP contribution in [-0.2, 0) is 0 Å². The molecule has 0 aliphatic carbocycles. The number of rotatable bonds is 2. The van der Waals surface area contributed by atoms with E-state index in [-0.39, 0.29) is 24.4 Å². The summed E-state index contributed by atoms with van der Waals surface area (Å²) in [4.78, 5) is 2.40. The number of hydrogen-bond donors (Lipinski definition) is 1. The molecule has 2 aliphatic heterocycles. The topological polar surface area (TPSA) is 32.7 Å². The highest BCUT2D eigenvalue weighted by Crippen LogP contribution is 2.37. The molecule has 3 nitrogen and oxygen atoms in total. The van der Waals surface area contributed by atoms with E-state index in [1.807, 2.05) is 18.2 Å². The average molecular weight is 282 g/mol. The minimum Gasteiger partial charge on any atom is -0.496 e. The van der Waals surface area contributed by atoms with Crippen LogP contribution in [0.3, 0.4) is 0 Å². The molecule has 3 unspecified atom stereocenters. The first-order chi connectivity index (χ1) is 8.79. The van der Waals surface area contributed by atoms with Gasteiger partial charge in [-0.25, -0.2) is 0 Å². The summed E-state index contributed by atoms with van der Waals surface area (Å²) >= 11 is 0. The lowest BCUT2D eigenvalue weighted by molar-refractivity contribution is 0.0508. The lowest BCUT2D eigenvalue weighted by atomic mass is 9.81. The maximum Gasteiger partial charge on any atom is 0.126 e. The van der Waals surface area contributed by atoms with Crippen molar-refractivity contribution in [1.82, 2.24) is 4.90 Å². The lowest BCUT2D eigenvalue weighted by Gasteiger charge is -2.41. The monoisotopic (exact) mass is 281 g/mol. The quantitative estimate of drug-likeness (QED) is 0.902. The second kappa shape index (κ2) is 5.95. The second-order valence-electron chi connectivity index (χ2n) is 5.08. The fourth-order valence-corrected chi connectivity index (χ4v) is 3.05. The minimum absolute atomic E-state index is 0. The number of nitrogens with zero attached hydrogens (tertiary/aromatic N) is 1. The number of para-hydroxylation sites is 1. The lowest BCUT2D eigenvalue weighted by Crippen LogP contribution is -2.46. The molecule has 0 radical (unpaired) electrons. The molecule has 0 saturated carbocycles. The van der Waals surface area contributed by atoms with Crippen molar-refractivity contribution in [3.8, 4) is 5.75 Å². The van der Waals surface area contributed by atoms with Crippen LogP contribution in [0.2, 0.25) is 0 Å². The van der Waals surface area contributed by atoms with E-state index >= 15 is 0 Å². The van der Waals surface area contributed by atoms with E-state index in [1.165, 1.54) is 5.57 Å². The molecule has 104 valence electrons. The SMILES string of the molecule is COc1ccccc1C1=CCN2CCC(O)C1C2.Cl. The summed E-state index contributed by atoms with van der Waals surface area (Å²) in [7, 11) is 1.70. The van der Waals surface area contributed by atoms with Crippen LogP contribution in [-0.4, -0.2) is 42.9 Å². The predicted molar refractivity (Wildman–Crippen MR) is 78.8 cm³/mol.